The Kier molecular flexibility index (Phi) is 3.28. The normalized spacial score (nSPS) is 20.0. The molecule has 0 radical (unpaired) electrons. The van der Waals surface area contributed by atoms with Crippen LogP contribution in [0.5, 0.6) is 0 Å². The lowest BCUT2D eigenvalue weighted by Crippen LogP contribution is -2.55. The van der Waals surface area contributed by atoms with Crippen molar-refractivity contribution in [2.75, 3.05) is 13.1 Å². The maximum atomic E-state index is 12.2. The van der Waals surface area contributed by atoms with Crippen LogP contribution in [0.1, 0.15) is 17.3 Å². The zero-order chi connectivity index (χ0) is 12.4. The van der Waals surface area contributed by atoms with Gasteiger partial charge in [-0.05, 0) is 19.1 Å². The zero-order valence-corrected chi connectivity index (χ0v) is 10.1. The van der Waals surface area contributed by atoms with E-state index in [4.69, 9.17) is 11.6 Å². The Labute approximate surface area is 104 Å². The van der Waals surface area contributed by atoms with Crippen LogP contribution in [0.2, 0.25) is 5.15 Å². The summed E-state index contributed by atoms with van der Waals surface area (Å²) in [5, 5.41) is 2.98. The first-order valence-corrected chi connectivity index (χ1v) is 5.67. The molecule has 1 N–H and O–H groups in total. The van der Waals surface area contributed by atoms with Crippen LogP contribution >= 0.6 is 11.6 Å². The van der Waals surface area contributed by atoms with Gasteiger partial charge in [0.1, 0.15) is 11.2 Å². The molecule has 0 aliphatic carbocycles. The SMILES string of the molecule is CC1C(=O)NCCN1C(=O)c1ccnc(Cl)c1. The molecule has 1 unspecified atom stereocenters. The van der Waals surface area contributed by atoms with Gasteiger partial charge >= 0.3 is 0 Å². The van der Waals surface area contributed by atoms with Gasteiger partial charge in [0, 0.05) is 24.8 Å². The Morgan fingerprint density at radius 3 is 3.12 bits per heavy atom. The van der Waals surface area contributed by atoms with Gasteiger partial charge in [0.15, 0.2) is 0 Å². The van der Waals surface area contributed by atoms with E-state index in [1.807, 2.05) is 0 Å². The van der Waals surface area contributed by atoms with Gasteiger partial charge in [-0.25, -0.2) is 4.98 Å². The van der Waals surface area contributed by atoms with Crippen molar-refractivity contribution in [3.05, 3.63) is 29.0 Å². The third-order valence-corrected chi connectivity index (χ3v) is 2.94. The van der Waals surface area contributed by atoms with Crippen LogP contribution in [0, 0.1) is 0 Å². The predicted molar refractivity (Wildman–Crippen MR) is 62.8 cm³/mol. The van der Waals surface area contributed by atoms with Crippen LogP contribution in [0.15, 0.2) is 18.3 Å². The Balaban J connectivity index is 2.22. The number of carbonyl (C=O) groups excluding carboxylic acids is 2. The average molecular weight is 254 g/mol. The predicted octanol–water partition coefficient (Wildman–Crippen LogP) is 0.696. The minimum atomic E-state index is -0.455. The second-order valence-electron chi connectivity index (χ2n) is 3.83. The molecule has 2 rings (SSSR count). The van der Waals surface area contributed by atoms with Gasteiger partial charge in [0.2, 0.25) is 5.91 Å². The monoisotopic (exact) mass is 253 g/mol. The third-order valence-electron chi connectivity index (χ3n) is 2.73. The highest BCUT2D eigenvalue weighted by atomic mass is 35.5. The van der Waals surface area contributed by atoms with Crippen LogP contribution in [0.4, 0.5) is 0 Å². The number of pyridine rings is 1. The molecule has 1 aromatic rings. The van der Waals surface area contributed by atoms with Crippen LogP contribution < -0.4 is 5.32 Å². The zero-order valence-electron chi connectivity index (χ0n) is 9.31. The molecule has 1 fully saturated rings. The van der Waals surface area contributed by atoms with Crippen molar-refractivity contribution in [2.24, 2.45) is 0 Å². The van der Waals surface area contributed by atoms with Gasteiger partial charge in [0.25, 0.3) is 5.91 Å². The highest BCUT2D eigenvalue weighted by Crippen LogP contribution is 2.13. The van der Waals surface area contributed by atoms with E-state index in [9.17, 15) is 9.59 Å². The molecule has 1 saturated heterocycles. The largest absolute Gasteiger partial charge is 0.353 e. The molecule has 5 nitrogen and oxygen atoms in total. The summed E-state index contributed by atoms with van der Waals surface area (Å²) < 4.78 is 0. The van der Waals surface area contributed by atoms with Gasteiger partial charge in [-0.2, -0.15) is 0 Å². The van der Waals surface area contributed by atoms with Crippen LogP contribution in [0.3, 0.4) is 0 Å². The van der Waals surface area contributed by atoms with E-state index in [1.54, 1.807) is 13.0 Å². The summed E-state index contributed by atoms with van der Waals surface area (Å²) in [6.07, 6.45) is 1.48. The second kappa shape index (κ2) is 4.71. The van der Waals surface area contributed by atoms with Gasteiger partial charge in [-0.1, -0.05) is 11.6 Å². The van der Waals surface area contributed by atoms with E-state index in [0.29, 0.717) is 18.7 Å². The fourth-order valence-corrected chi connectivity index (χ4v) is 1.94. The van der Waals surface area contributed by atoms with Gasteiger partial charge in [0.05, 0.1) is 0 Å². The molecule has 0 spiro atoms. The molecule has 17 heavy (non-hydrogen) atoms. The number of amides is 2. The van der Waals surface area contributed by atoms with Crippen molar-refractivity contribution in [3.8, 4) is 0 Å². The van der Waals surface area contributed by atoms with Crippen molar-refractivity contribution in [1.29, 1.82) is 0 Å². The maximum absolute atomic E-state index is 12.2. The van der Waals surface area contributed by atoms with E-state index >= 15 is 0 Å². The van der Waals surface area contributed by atoms with Crippen molar-refractivity contribution in [2.45, 2.75) is 13.0 Å². The molecule has 0 bridgehead atoms. The summed E-state index contributed by atoms with van der Waals surface area (Å²) in [5.74, 6) is -0.332. The number of hydrogen-bond acceptors (Lipinski definition) is 3. The number of halogens is 1. The van der Waals surface area contributed by atoms with Crippen molar-refractivity contribution >= 4 is 23.4 Å². The molecule has 1 aliphatic heterocycles. The summed E-state index contributed by atoms with van der Waals surface area (Å²) in [6, 6.07) is 2.64. The summed E-state index contributed by atoms with van der Waals surface area (Å²) in [7, 11) is 0. The molecule has 1 aliphatic rings. The number of nitrogens with zero attached hydrogens (tertiary/aromatic N) is 2. The molecule has 1 atom stereocenters. The molecule has 6 heteroatoms. The number of rotatable bonds is 1. The smallest absolute Gasteiger partial charge is 0.254 e. The lowest BCUT2D eigenvalue weighted by atomic mass is 10.1. The molecule has 2 heterocycles. The minimum absolute atomic E-state index is 0.134. The van der Waals surface area contributed by atoms with E-state index in [0.717, 1.165) is 0 Å². The molecular weight excluding hydrogens is 242 g/mol. The molecule has 90 valence electrons. The molecule has 0 aromatic carbocycles. The summed E-state index contributed by atoms with van der Waals surface area (Å²) in [5.41, 5.74) is 0.451. The van der Waals surface area contributed by atoms with Crippen LogP contribution in [-0.2, 0) is 4.79 Å². The van der Waals surface area contributed by atoms with E-state index in [-0.39, 0.29) is 17.0 Å². The van der Waals surface area contributed by atoms with Crippen LogP contribution in [0.25, 0.3) is 0 Å². The Morgan fingerprint density at radius 2 is 2.41 bits per heavy atom. The van der Waals surface area contributed by atoms with Crippen molar-refractivity contribution in [1.82, 2.24) is 15.2 Å². The highest BCUT2D eigenvalue weighted by molar-refractivity contribution is 6.29. The van der Waals surface area contributed by atoms with Gasteiger partial charge in [-0.3, -0.25) is 9.59 Å². The van der Waals surface area contributed by atoms with E-state index in [1.165, 1.54) is 17.2 Å². The standard InChI is InChI=1S/C11H12ClN3O2/c1-7-10(16)14-4-5-15(7)11(17)8-2-3-13-9(12)6-8/h2-3,6-7H,4-5H2,1H3,(H,14,16). The first-order chi connectivity index (χ1) is 8.09. The Morgan fingerprint density at radius 1 is 1.65 bits per heavy atom. The number of aromatic nitrogens is 1. The summed E-state index contributed by atoms with van der Waals surface area (Å²) in [6.45, 7) is 2.69. The first-order valence-electron chi connectivity index (χ1n) is 5.30. The first kappa shape index (κ1) is 11.9. The molecular formula is C11H12ClN3O2. The molecule has 0 saturated carbocycles. The van der Waals surface area contributed by atoms with Crippen LogP contribution in [-0.4, -0.2) is 40.8 Å². The molecule has 2 amide bonds. The lowest BCUT2D eigenvalue weighted by molar-refractivity contribution is -0.127. The third kappa shape index (κ3) is 2.39. The maximum Gasteiger partial charge on any atom is 0.254 e. The quantitative estimate of drug-likeness (QED) is 0.750. The fourth-order valence-electron chi connectivity index (χ4n) is 1.76. The Bertz CT molecular complexity index is 464. The van der Waals surface area contributed by atoms with Gasteiger partial charge < -0.3 is 10.2 Å². The average Bonchev–Trinajstić information content (AvgIpc) is 2.32. The highest BCUT2D eigenvalue weighted by Gasteiger charge is 2.29. The summed E-state index contributed by atoms with van der Waals surface area (Å²) >= 11 is 5.73. The Hall–Kier alpha value is -1.62. The fraction of sp³-hybridized carbons (Fsp3) is 0.364. The van der Waals surface area contributed by atoms with Crippen molar-refractivity contribution < 1.29 is 9.59 Å². The summed E-state index contributed by atoms with van der Waals surface area (Å²) in [4.78, 5) is 29.0. The van der Waals surface area contributed by atoms with Crippen molar-refractivity contribution in [3.63, 3.8) is 0 Å². The number of hydrogen-bond donors (Lipinski definition) is 1. The lowest BCUT2D eigenvalue weighted by Gasteiger charge is -2.32. The number of carbonyl (C=O) groups is 2. The van der Waals surface area contributed by atoms with E-state index in [2.05, 4.69) is 10.3 Å². The number of piperazine rings is 1. The molecule has 1 aromatic heterocycles. The second-order valence-corrected chi connectivity index (χ2v) is 4.22. The minimum Gasteiger partial charge on any atom is -0.353 e. The van der Waals surface area contributed by atoms with E-state index < -0.39 is 6.04 Å². The number of nitrogens with one attached hydrogen (secondary N) is 1. The van der Waals surface area contributed by atoms with Gasteiger partial charge in [-0.15, -0.1) is 0 Å². The topological polar surface area (TPSA) is 62.3 Å².